The average molecular weight is 303 g/mol. The van der Waals surface area contributed by atoms with E-state index in [2.05, 4.69) is 16.9 Å². The van der Waals surface area contributed by atoms with Crippen LogP contribution in [0.15, 0.2) is 12.4 Å². The normalized spacial score (nSPS) is 29.5. The van der Waals surface area contributed by atoms with Crippen molar-refractivity contribution in [2.45, 2.75) is 37.7 Å². The molecule has 0 amide bonds. The SMILES string of the molecule is CCOc1nc2nc(C34COC(C)(C3)C4)cn2cc1C(=O)O. The van der Waals surface area contributed by atoms with Gasteiger partial charge in [0.25, 0.3) is 0 Å². The minimum Gasteiger partial charge on any atom is -0.477 e. The smallest absolute Gasteiger partial charge is 0.342 e. The Morgan fingerprint density at radius 3 is 2.82 bits per heavy atom. The first kappa shape index (κ1) is 13.5. The lowest BCUT2D eigenvalue weighted by molar-refractivity contribution is 0.0154. The molecule has 2 bridgehead atoms. The Morgan fingerprint density at radius 2 is 2.23 bits per heavy atom. The van der Waals surface area contributed by atoms with Gasteiger partial charge in [-0.25, -0.2) is 9.78 Å². The minimum absolute atomic E-state index is 0.0219. The second-order valence-electron chi connectivity index (χ2n) is 6.40. The van der Waals surface area contributed by atoms with Gasteiger partial charge in [0.05, 0.1) is 24.5 Å². The van der Waals surface area contributed by atoms with E-state index in [-0.39, 0.29) is 22.5 Å². The molecule has 2 aliphatic heterocycles. The number of carbonyl (C=O) groups is 1. The summed E-state index contributed by atoms with van der Waals surface area (Å²) in [6, 6.07) is 0. The summed E-state index contributed by atoms with van der Waals surface area (Å²) in [5.41, 5.74) is 0.890. The molecule has 0 aromatic carbocycles. The van der Waals surface area contributed by atoms with Gasteiger partial charge in [0.15, 0.2) is 0 Å². The van der Waals surface area contributed by atoms with E-state index in [0.717, 1.165) is 18.5 Å². The highest BCUT2D eigenvalue weighted by Gasteiger charge is 2.61. The Morgan fingerprint density at radius 1 is 1.45 bits per heavy atom. The van der Waals surface area contributed by atoms with Crippen LogP contribution in [0.1, 0.15) is 42.7 Å². The van der Waals surface area contributed by atoms with Crippen molar-refractivity contribution >= 4 is 11.7 Å². The van der Waals surface area contributed by atoms with Gasteiger partial charge in [0, 0.05) is 17.8 Å². The first-order chi connectivity index (χ1) is 10.4. The lowest BCUT2D eigenvalue weighted by atomic mass is 9.62. The third kappa shape index (κ3) is 1.75. The fourth-order valence-electron chi connectivity index (χ4n) is 3.71. The van der Waals surface area contributed by atoms with E-state index in [4.69, 9.17) is 9.47 Å². The zero-order valence-corrected chi connectivity index (χ0v) is 12.5. The van der Waals surface area contributed by atoms with Crippen molar-refractivity contribution in [3.05, 3.63) is 23.7 Å². The first-order valence-corrected chi connectivity index (χ1v) is 7.35. The predicted octanol–water partition coefficient (Wildman–Crippen LogP) is 1.65. The molecule has 2 aromatic rings. The second kappa shape index (κ2) is 4.19. The molecule has 7 nitrogen and oxygen atoms in total. The molecular weight excluding hydrogens is 286 g/mol. The lowest BCUT2D eigenvalue weighted by Gasteiger charge is -2.41. The summed E-state index contributed by atoms with van der Waals surface area (Å²) < 4.78 is 12.8. The zero-order chi connectivity index (χ0) is 15.5. The minimum atomic E-state index is -1.06. The van der Waals surface area contributed by atoms with Crippen LogP contribution in [-0.2, 0) is 10.2 Å². The van der Waals surface area contributed by atoms with E-state index in [1.807, 2.05) is 6.20 Å². The Bertz CT molecular complexity index is 776. The monoisotopic (exact) mass is 303 g/mol. The molecule has 0 atom stereocenters. The van der Waals surface area contributed by atoms with Crippen molar-refractivity contribution in [3.63, 3.8) is 0 Å². The third-order valence-corrected chi connectivity index (χ3v) is 4.59. The highest BCUT2D eigenvalue weighted by atomic mass is 16.5. The summed E-state index contributed by atoms with van der Waals surface area (Å²) in [6.07, 6.45) is 5.28. The molecule has 0 unspecified atom stereocenters. The number of carboxylic acid groups (broad SMARTS) is 1. The summed E-state index contributed by atoms with van der Waals surface area (Å²) in [7, 11) is 0. The fraction of sp³-hybridized carbons (Fsp3) is 0.533. The maximum Gasteiger partial charge on any atom is 0.342 e. The maximum atomic E-state index is 11.3. The van der Waals surface area contributed by atoms with E-state index in [0.29, 0.717) is 19.0 Å². The number of hydrogen-bond donors (Lipinski definition) is 1. The first-order valence-electron chi connectivity index (χ1n) is 7.35. The quantitative estimate of drug-likeness (QED) is 0.924. The highest BCUT2D eigenvalue weighted by molar-refractivity contribution is 5.90. The number of aromatic carboxylic acids is 1. The average Bonchev–Trinajstić information content (AvgIpc) is 3.07. The van der Waals surface area contributed by atoms with E-state index in [1.165, 1.54) is 6.20 Å². The van der Waals surface area contributed by atoms with Crippen LogP contribution in [-0.4, -0.2) is 44.3 Å². The van der Waals surface area contributed by atoms with E-state index >= 15 is 0 Å². The molecule has 2 saturated heterocycles. The Labute approximate surface area is 126 Å². The predicted molar refractivity (Wildman–Crippen MR) is 76.4 cm³/mol. The molecule has 4 heterocycles. The van der Waals surface area contributed by atoms with Crippen molar-refractivity contribution in [2.75, 3.05) is 13.2 Å². The van der Waals surface area contributed by atoms with Crippen LogP contribution < -0.4 is 4.74 Å². The van der Waals surface area contributed by atoms with Crippen LogP contribution in [0.3, 0.4) is 0 Å². The number of fused-ring (bicyclic) bond motifs is 2. The molecule has 1 aliphatic carbocycles. The van der Waals surface area contributed by atoms with E-state index < -0.39 is 5.97 Å². The molecule has 0 radical (unpaired) electrons. The Hall–Kier alpha value is -2.15. The van der Waals surface area contributed by atoms with Gasteiger partial charge in [-0.2, -0.15) is 4.98 Å². The van der Waals surface area contributed by atoms with Gasteiger partial charge in [0.2, 0.25) is 11.7 Å². The van der Waals surface area contributed by atoms with Gasteiger partial charge in [-0.3, -0.25) is 4.40 Å². The fourth-order valence-corrected chi connectivity index (χ4v) is 3.71. The van der Waals surface area contributed by atoms with Crippen molar-refractivity contribution in [2.24, 2.45) is 0 Å². The van der Waals surface area contributed by atoms with Crippen LogP contribution in [0.25, 0.3) is 5.78 Å². The molecule has 116 valence electrons. The Balaban J connectivity index is 1.79. The summed E-state index contributed by atoms with van der Waals surface area (Å²) >= 11 is 0. The number of carboxylic acids is 1. The van der Waals surface area contributed by atoms with Gasteiger partial charge in [-0.15, -0.1) is 0 Å². The van der Waals surface area contributed by atoms with Crippen molar-refractivity contribution < 1.29 is 19.4 Å². The molecule has 1 N–H and O–H groups in total. The molecule has 0 spiro atoms. The molecular formula is C15H17N3O4. The molecule has 5 rings (SSSR count). The number of rotatable bonds is 4. The van der Waals surface area contributed by atoms with Gasteiger partial charge in [-0.05, 0) is 26.7 Å². The van der Waals surface area contributed by atoms with E-state index in [9.17, 15) is 9.90 Å². The molecule has 3 aliphatic rings. The standard InChI is InChI=1S/C15H17N3O4/c1-3-21-11-9(12(19)20)4-18-5-10(16-13(18)17-11)15-6-14(2,7-15)22-8-15/h4-5H,3,6-8H2,1-2H3,(H,19,20). The van der Waals surface area contributed by atoms with Crippen LogP contribution in [0, 0.1) is 0 Å². The van der Waals surface area contributed by atoms with Crippen molar-refractivity contribution in [1.82, 2.24) is 14.4 Å². The Kier molecular flexibility index (Phi) is 2.57. The lowest BCUT2D eigenvalue weighted by Crippen LogP contribution is -2.45. The third-order valence-electron chi connectivity index (χ3n) is 4.59. The summed E-state index contributed by atoms with van der Waals surface area (Å²) in [5, 5.41) is 9.29. The molecule has 1 saturated carbocycles. The second-order valence-corrected chi connectivity index (χ2v) is 6.40. The highest BCUT2D eigenvalue weighted by Crippen LogP contribution is 2.58. The number of imidazole rings is 1. The molecule has 3 fully saturated rings. The number of aromatic nitrogens is 3. The van der Waals surface area contributed by atoms with Gasteiger partial charge >= 0.3 is 5.97 Å². The topological polar surface area (TPSA) is 86.0 Å². The summed E-state index contributed by atoms with van der Waals surface area (Å²) in [6.45, 7) is 4.92. The number of ether oxygens (including phenoxy) is 2. The van der Waals surface area contributed by atoms with Crippen LogP contribution in [0.4, 0.5) is 0 Å². The summed E-state index contributed by atoms with van der Waals surface area (Å²) in [5.74, 6) is -0.497. The van der Waals surface area contributed by atoms with Crippen molar-refractivity contribution in [1.29, 1.82) is 0 Å². The molecule has 7 heteroatoms. The van der Waals surface area contributed by atoms with Crippen LogP contribution in [0.5, 0.6) is 5.88 Å². The van der Waals surface area contributed by atoms with Crippen LogP contribution >= 0.6 is 0 Å². The summed E-state index contributed by atoms with van der Waals surface area (Å²) in [4.78, 5) is 20.2. The van der Waals surface area contributed by atoms with Gasteiger partial charge < -0.3 is 14.6 Å². The van der Waals surface area contributed by atoms with Crippen LogP contribution in [0.2, 0.25) is 0 Å². The zero-order valence-electron chi connectivity index (χ0n) is 12.5. The molecule has 22 heavy (non-hydrogen) atoms. The molecule has 2 aromatic heterocycles. The van der Waals surface area contributed by atoms with Gasteiger partial charge in [-0.1, -0.05) is 0 Å². The maximum absolute atomic E-state index is 11.3. The number of hydrogen-bond acceptors (Lipinski definition) is 5. The van der Waals surface area contributed by atoms with Gasteiger partial charge in [0.1, 0.15) is 5.56 Å². The largest absolute Gasteiger partial charge is 0.477 e. The van der Waals surface area contributed by atoms with E-state index in [1.54, 1.807) is 11.3 Å². The van der Waals surface area contributed by atoms with Crippen molar-refractivity contribution in [3.8, 4) is 5.88 Å². The number of nitrogens with zero attached hydrogens (tertiary/aromatic N) is 3.